The molecule has 6 nitrogen and oxygen atoms in total. The first-order valence-electron chi connectivity index (χ1n) is 11.7. The first-order valence-corrected chi connectivity index (χ1v) is 11.7. The van der Waals surface area contributed by atoms with E-state index in [0.29, 0.717) is 12.2 Å². The minimum absolute atomic E-state index is 0.0415. The number of carbonyl (C=O) groups is 1. The molecule has 1 unspecified atom stereocenters. The van der Waals surface area contributed by atoms with Gasteiger partial charge in [0.1, 0.15) is 11.6 Å². The van der Waals surface area contributed by atoms with Gasteiger partial charge in [0.25, 0.3) is 5.91 Å². The van der Waals surface area contributed by atoms with Crippen molar-refractivity contribution in [3.05, 3.63) is 76.9 Å². The summed E-state index contributed by atoms with van der Waals surface area (Å²) >= 11 is 0. The Morgan fingerprint density at radius 1 is 1.09 bits per heavy atom. The lowest BCUT2D eigenvalue weighted by Crippen LogP contribution is -2.37. The van der Waals surface area contributed by atoms with Crippen LogP contribution in [0.4, 0.5) is 4.39 Å². The van der Waals surface area contributed by atoms with Gasteiger partial charge in [0, 0.05) is 23.4 Å². The van der Waals surface area contributed by atoms with Crippen molar-refractivity contribution in [3.63, 3.8) is 0 Å². The lowest BCUT2D eigenvalue weighted by atomic mass is 10.0. The average Bonchev–Trinajstić information content (AvgIpc) is 3.59. The summed E-state index contributed by atoms with van der Waals surface area (Å²) in [5.41, 5.74) is 4.40. The summed E-state index contributed by atoms with van der Waals surface area (Å²) in [5.74, 6) is 0.392. The number of rotatable bonds is 7. The molecule has 1 atom stereocenters. The maximum atomic E-state index is 13.4. The van der Waals surface area contributed by atoms with Crippen LogP contribution in [0.15, 0.2) is 48.5 Å². The molecule has 172 valence electrons. The van der Waals surface area contributed by atoms with Crippen LogP contribution < -0.4 is 10.1 Å². The second-order valence-electron chi connectivity index (χ2n) is 8.73. The van der Waals surface area contributed by atoms with Crippen molar-refractivity contribution in [1.82, 2.24) is 20.0 Å². The molecule has 2 aliphatic rings. The minimum Gasteiger partial charge on any atom is -0.496 e. The van der Waals surface area contributed by atoms with E-state index in [9.17, 15) is 9.18 Å². The van der Waals surface area contributed by atoms with Crippen molar-refractivity contribution in [2.45, 2.75) is 38.1 Å². The highest BCUT2D eigenvalue weighted by molar-refractivity contribution is 5.94. The number of carbonyl (C=O) groups excluding carboxylic acids is 1. The predicted octanol–water partition coefficient (Wildman–Crippen LogP) is 4.08. The van der Waals surface area contributed by atoms with Crippen LogP contribution in [0.2, 0.25) is 0 Å². The average molecular weight is 449 g/mol. The summed E-state index contributed by atoms with van der Waals surface area (Å²) in [4.78, 5) is 15.7. The molecule has 1 aromatic heterocycles. The van der Waals surface area contributed by atoms with Crippen LogP contribution in [-0.4, -0.2) is 47.3 Å². The molecule has 1 saturated heterocycles. The smallest absolute Gasteiger partial charge is 0.272 e. The maximum absolute atomic E-state index is 13.4. The number of ether oxygens (including phenoxy) is 1. The fourth-order valence-electron chi connectivity index (χ4n) is 5.12. The van der Waals surface area contributed by atoms with Crippen molar-refractivity contribution in [2.24, 2.45) is 0 Å². The van der Waals surface area contributed by atoms with Gasteiger partial charge in [-0.3, -0.25) is 9.69 Å². The highest BCUT2D eigenvalue weighted by Crippen LogP contribution is 2.32. The Morgan fingerprint density at radius 3 is 2.61 bits per heavy atom. The number of likely N-dealkylation sites (tertiary alicyclic amines) is 1. The van der Waals surface area contributed by atoms with E-state index in [0.717, 1.165) is 73.5 Å². The van der Waals surface area contributed by atoms with Gasteiger partial charge in [0.15, 0.2) is 5.69 Å². The molecule has 0 spiro atoms. The fraction of sp³-hybridized carbons (Fsp3) is 0.385. The van der Waals surface area contributed by atoms with Gasteiger partial charge < -0.3 is 10.1 Å². The van der Waals surface area contributed by atoms with E-state index in [1.54, 1.807) is 23.9 Å². The number of nitrogens with one attached hydrogen (secondary N) is 1. The van der Waals surface area contributed by atoms with E-state index in [1.165, 1.54) is 12.1 Å². The Balaban J connectivity index is 1.40. The molecule has 0 saturated carbocycles. The summed E-state index contributed by atoms with van der Waals surface area (Å²) < 4.78 is 20.8. The topological polar surface area (TPSA) is 59.4 Å². The van der Waals surface area contributed by atoms with Gasteiger partial charge in [0.05, 0.1) is 18.8 Å². The quantitative estimate of drug-likeness (QED) is 0.592. The summed E-state index contributed by atoms with van der Waals surface area (Å²) in [7, 11) is 1.68. The fourth-order valence-corrected chi connectivity index (χ4v) is 5.12. The molecule has 0 bridgehead atoms. The van der Waals surface area contributed by atoms with Crippen molar-refractivity contribution < 1.29 is 13.9 Å². The number of hydrogen-bond acceptors (Lipinski definition) is 4. The molecule has 1 amide bonds. The third-order valence-corrected chi connectivity index (χ3v) is 6.75. The van der Waals surface area contributed by atoms with E-state index >= 15 is 0 Å². The monoisotopic (exact) mass is 448 g/mol. The van der Waals surface area contributed by atoms with E-state index in [4.69, 9.17) is 4.74 Å². The molecular weight excluding hydrogens is 419 g/mol. The molecule has 1 fully saturated rings. The summed E-state index contributed by atoms with van der Waals surface area (Å²) in [6.07, 6.45) is 5.02. The second-order valence-corrected chi connectivity index (χ2v) is 8.73. The van der Waals surface area contributed by atoms with Gasteiger partial charge in [-0.05, 0) is 75.5 Å². The summed E-state index contributed by atoms with van der Waals surface area (Å²) in [6.45, 7) is 2.50. The Bertz CT molecular complexity index is 1140. The number of para-hydroxylation sites is 1. The summed E-state index contributed by atoms with van der Waals surface area (Å²) in [5, 5.41) is 7.81. The molecule has 2 heterocycles. The van der Waals surface area contributed by atoms with E-state index in [2.05, 4.69) is 21.4 Å². The van der Waals surface area contributed by atoms with Gasteiger partial charge in [0.2, 0.25) is 0 Å². The van der Waals surface area contributed by atoms with Crippen LogP contribution in [0.25, 0.3) is 5.69 Å². The molecular formula is C26H29FN4O2. The molecule has 2 aromatic carbocycles. The zero-order valence-electron chi connectivity index (χ0n) is 18.9. The molecule has 1 aliphatic carbocycles. The van der Waals surface area contributed by atoms with Crippen LogP contribution >= 0.6 is 0 Å². The van der Waals surface area contributed by atoms with E-state index < -0.39 is 0 Å². The van der Waals surface area contributed by atoms with Crippen LogP contribution in [0, 0.1) is 5.82 Å². The van der Waals surface area contributed by atoms with E-state index in [-0.39, 0.29) is 17.8 Å². The zero-order valence-corrected chi connectivity index (χ0v) is 18.9. The Hall–Kier alpha value is -3.19. The number of fused-ring (bicyclic) bond motifs is 1. The normalized spacial score (nSPS) is 16.5. The predicted molar refractivity (Wildman–Crippen MR) is 124 cm³/mol. The van der Waals surface area contributed by atoms with Gasteiger partial charge >= 0.3 is 0 Å². The largest absolute Gasteiger partial charge is 0.496 e. The van der Waals surface area contributed by atoms with Crippen LogP contribution in [0.5, 0.6) is 5.75 Å². The van der Waals surface area contributed by atoms with Crippen molar-refractivity contribution in [2.75, 3.05) is 26.7 Å². The van der Waals surface area contributed by atoms with E-state index in [1.807, 2.05) is 18.2 Å². The maximum Gasteiger partial charge on any atom is 0.272 e. The highest BCUT2D eigenvalue weighted by atomic mass is 19.1. The first-order chi connectivity index (χ1) is 16.2. The number of methoxy groups -OCH3 is 1. The minimum atomic E-state index is -0.287. The first kappa shape index (κ1) is 21.6. The van der Waals surface area contributed by atoms with Crippen molar-refractivity contribution in [1.29, 1.82) is 0 Å². The number of aromatic nitrogens is 2. The molecule has 7 heteroatoms. The van der Waals surface area contributed by atoms with Gasteiger partial charge in [-0.2, -0.15) is 5.10 Å². The highest BCUT2D eigenvalue weighted by Gasteiger charge is 2.30. The van der Waals surface area contributed by atoms with Crippen molar-refractivity contribution in [3.8, 4) is 11.4 Å². The second kappa shape index (κ2) is 9.35. The number of benzene rings is 2. The van der Waals surface area contributed by atoms with Crippen LogP contribution in [0.3, 0.4) is 0 Å². The zero-order chi connectivity index (χ0) is 22.8. The van der Waals surface area contributed by atoms with Crippen LogP contribution in [-0.2, 0) is 12.8 Å². The number of nitrogens with zero attached hydrogens (tertiary/aromatic N) is 3. The van der Waals surface area contributed by atoms with Gasteiger partial charge in [-0.25, -0.2) is 9.07 Å². The number of hydrogen-bond donors (Lipinski definition) is 1. The lowest BCUT2D eigenvalue weighted by Gasteiger charge is -2.29. The molecule has 0 radical (unpaired) electrons. The molecule has 1 N–H and O–H groups in total. The molecule has 1 aliphatic heterocycles. The molecule has 33 heavy (non-hydrogen) atoms. The van der Waals surface area contributed by atoms with Crippen molar-refractivity contribution >= 4 is 5.91 Å². The van der Waals surface area contributed by atoms with Gasteiger partial charge in [-0.1, -0.05) is 18.2 Å². The Labute approximate surface area is 193 Å². The number of amides is 1. The molecule has 3 aromatic rings. The number of halogens is 1. The van der Waals surface area contributed by atoms with Gasteiger partial charge in [-0.15, -0.1) is 0 Å². The summed E-state index contributed by atoms with van der Waals surface area (Å²) in [6, 6.07) is 14.3. The third kappa shape index (κ3) is 4.25. The Kier molecular flexibility index (Phi) is 6.13. The lowest BCUT2D eigenvalue weighted by molar-refractivity contribution is 0.0931. The standard InChI is InChI=1S/C26H29FN4O2/c1-33-24-10-3-2-7-20(24)23(30-15-4-5-16-30)17-28-26(32)25-21-8-6-9-22(21)31(29-25)19-13-11-18(27)12-14-19/h2-3,7,10-14,23H,4-6,8-9,15-17H2,1H3,(H,28,32). The Morgan fingerprint density at radius 2 is 1.85 bits per heavy atom. The van der Waals surface area contributed by atoms with Crippen LogP contribution in [0.1, 0.15) is 52.6 Å². The SMILES string of the molecule is COc1ccccc1C(CNC(=O)c1nn(-c2ccc(F)cc2)c2c1CCC2)N1CCCC1. The third-order valence-electron chi connectivity index (χ3n) is 6.75. The molecule has 5 rings (SSSR count).